The molecule has 0 heterocycles. The van der Waals surface area contributed by atoms with Gasteiger partial charge in [-0.2, -0.15) is 0 Å². The third-order valence-electron chi connectivity index (χ3n) is 4.68. The maximum atomic E-state index is 9.81. The Morgan fingerprint density at radius 1 is 1.06 bits per heavy atom. The van der Waals surface area contributed by atoms with Gasteiger partial charge in [0.25, 0.3) is 0 Å². The Hall–Kier alpha value is -0.980. The van der Waals surface area contributed by atoms with Crippen LogP contribution in [0.3, 0.4) is 0 Å². The SMILES string of the molecule is Cc1cc([C@H]2C[C@H]3CC[C@H]2C3)cc(C)c1O. The monoisotopic (exact) mass is 216 g/mol. The van der Waals surface area contributed by atoms with Crippen LogP contribution in [-0.2, 0) is 0 Å². The highest BCUT2D eigenvalue weighted by molar-refractivity contribution is 5.43. The van der Waals surface area contributed by atoms with Gasteiger partial charge in [0.2, 0.25) is 0 Å². The summed E-state index contributed by atoms with van der Waals surface area (Å²) in [4.78, 5) is 0. The molecular formula is C15H20O. The molecule has 2 aliphatic rings. The average Bonchev–Trinajstić information content (AvgIpc) is 2.86. The van der Waals surface area contributed by atoms with E-state index in [2.05, 4.69) is 12.1 Å². The molecule has 3 atom stereocenters. The van der Waals surface area contributed by atoms with Gasteiger partial charge < -0.3 is 5.11 Å². The first-order valence-electron chi connectivity index (χ1n) is 6.45. The predicted molar refractivity (Wildman–Crippen MR) is 65.8 cm³/mol. The van der Waals surface area contributed by atoms with Crippen LogP contribution in [0.15, 0.2) is 12.1 Å². The molecule has 1 aromatic rings. The highest BCUT2D eigenvalue weighted by Gasteiger charge is 2.40. The van der Waals surface area contributed by atoms with Gasteiger partial charge in [0.05, 0.1) is 0 Å². The number of phenols is 1. The van der Waals surface area contributed by atoms with E-state index in [1.54, 1.807) is 0 Å². The van der Waals surface area contributed by atoms with E-state index in [9.17, 15) is 5.11 Å². The van der Waals surface area contributed by atoms with Crippen LogP contribution in [-0.4, -0.2) is 5.11 Å². The van der Waals surface area contributed by atoms with Gasteiger partial charge in [-0.25, -0.2) is 0 Å². The van der Waals surface area contributed by atoms with Gasteiger partial charge in [0, 0.05) is 0 Å². The van der Waals surface area contributed by atoms with Crippen LogP contribution in [0.5, 0.6) is 5.75 Å². The number of hydrogen-bond donors (Lipinski definition) is 1. The number of benzene rings is 1. The zero-order chi connectivity index (χ0) is 11.3. The van der Waals surface area contributed by atoms with Crippen molar-refractivity contribution in [3.05, 3.63) is 28.8 Å². The second-order valence-corrected chi connectivity index (χ2v) is 5.78. The van der Waals surface area contributed by atoms with E-state index in [1.807, 2.05) is 13.8 Å². The second-order valence-electron chi connectivity index (χ2n) is 5.78. The summed E-state index contributed by atoms with van der Waals surface area (Å²) in [5, 5.41) is 9.81. The lowest BCUT2D eigenvalue weighted by Gasteiger charge is -2.23. The lowest BCUT2D eigenvalue weighted by molar-refractivity contribution is 0.418. The minimum Gasteiger partial charge on any atom is -0.507 e. The third-order valence-corrected chi connectivity index (χ3v) is 4.68. The molecule has 2 aliphatic carbocycles. The van der Waals surface area contributed by atoms with Crippen LogP contribution < -0.4 is 0 Å². The maximum Gasteiger partial charge on any atom is 0.121 e. The number of phenolic OH excluding ortho intramolecular Hbond substituents is 1. The first kappa shape index (κ1) is 10.2. The fourth-order valence-corrected chi connectivity index (χ4v) is 3.86. The predicted octanol–water partition coefficient (Wildman–Crippen LogP) is 3.91. The number of hydrogen-bond acceptors (Lipinski definition) is 1. The van der Waals surface area contributed by atoms with Gasteiger partial charge in [-0.05, 0) is 67.6 Å². The van der Waals surface area contributed by atoms with Crippen molar-refractivity contribution in [1.29, 1.82) is 0 Å². The van der Waals surface area contributed by atoms with Crippen molar-refractivity contribution in [3.63, 3.8) is 0 Å². The average molecular weight is 216 g/mol. The van der Waals surface area contributed by atoms with Crippen molar-refractivity contribution in [3.8, 4) is 5.75 Å². The van der Waals surface area contributed by atoms with Crippen LogP contribution in [0, 0.1) is 25.7 Å². The highest BCUT2D eigenvalue weighted by atomic mass is 16.3. The lowest BCUT2D eigenvalue weighted by Crippen LogP contribution is -2.08. The number of fused-ring (bicyclic) bond motifs is 2. The molecule has 1 N–H and O–H groups in total. The van der Waals surface area contributed by atoms with Crippen LogP contribution in [0.1, 0.15) is 48.3 Å². The van der Waals surface area contributed by atoms with E-state index < -0.39 is 0 Å². The van der Waals surface area contributed by atoms with Gasteiger partial charge in [0.15, 0.2) is 0 Å². The van der Waals surface area contributed by atoms with E-state index in [-0.39, 0.29) is 0 Å². The summed E-state index contributed by atoms with van der Waals surface area (Å²) in [6, 6.07) is 4.40. The molecule has 0 aliphatic heterocycles. The molecule has 1 nitrogen and oxygen atoms in total. The van der Waals surface area contributed by atoms with Gasteiger partial charge in [-0.15, -0.1) is 0 Å². The van der Waals surface area contributed by atoms with E-state index in [0.717, 1.165) is 28.9 Å². The number of aryl methyl sites for hydroxylation is 2. The molecular weight excluding hydrogens is 196 g/mol. The zero-order valence-corrected chi connectivity index (χ0v) is 10.2. The molecule has 0 saturated heterocycles. The summed E-state index contributed by atoms with van der Waals surface area (Å²) >= 11 is 0. The summed E-state index contributed by atoms with van der Waals surface area (Å²) in [5.74, 6) is 3.17. The van der Waals surface area contributed by atoms with Crippen LogP contribution in [0.2, 0.25) is 0 Å². The first-order valence-corrected chi connectivity index (χ1v) is 6.45. The van der Waals surface area contributed by atoms with E-state index >= 15 is 0 Å². The molecule has 3 rings (SSSR count). The molecule has 2 fully saturated rings. The molecule has 1 aromatic carbocycles. The molecule has 1 heteroatoms. The third kappa shape index (κ3) is 1.45. The quantitative estimate of drug-likeness (QED) is 0.754. The Morgan fingerprint density at radius 3 is 2.25 bits per heavy atom. The van der Waals surface area contributed by atoms with Gasteiger partial charge in [-0.3, -0.25) is 0 Å². The second kappa shape index (κ2) is 3.51. The van der Waals surface area contributed by atoms with Crippen molar-refractivity contribution in [1.82, 2.24) is 0 Å². The van der Waals surface area contributed by atoms with Crippen molar-refractivity contribution >= 4 is 0 Å². The zero-order valence-electron chi connectivity index (χ0n) is 10.2. The van der Waals surface area contributed by atoms with E-state index in [4.69, 9.17) is 0 Å². The van der Waals surface area contributed by atoms with Crippen molar-refractivity contribution < 1.29 is 5.11 Å². The number of aromatic hydroxyl groups is 1. The maximum absolute atomic E-state index is 9.81. The van der Waals surface area contributed by atoms with E-state index in [0.29, 0.717) is 5.75 Å². The molecule has 0 amide bonds. The van der Waals surface area contributed by atoms with Crippen LogP contribution in [0.4, 0.5) is 0 Å². The minimum absolute atomic E-state index is 0.479. The smallest absolute Gasteiger partial charge is 0.121 e. The van der Waals surface area contributed by atoms with Crippen molar-refractivity contribution in [2.45, 2.75) is 45.4 Å². The molecule has 16 heavy (non-hydrogen) atoms. The minimum atomic E-state index is 0.479. The first-order chi connectivity index (χ1) is 7.65. The Morgan fingerprint density at radius 2 is 1.75 bits per heavy atom. The number of rotatable bonds is 1. The molecule has 0 spiro atoms. The summed E-state index contributed by atoms with van der Waals surface area (Å²) < 4.78 is 0. The Labute approximate surface area is 97.5 Å². The molecule has 86 valence electrons. The largest absolute Gasteiger partial charge is 0.507 e. The molecule has 0 radical (unpaired) electrons. The lowest BCUT2D eigenvalue weighted by atomic mass is 9.82. The molecule has 2 saturated carbocycles. The summed E-state index contributed by atoms with van der Waals surface area (Å²) in [7, 11) is 0. The Kier molecular flexibility index (Phi) is 2.24. The van der Waals surface area contributed by atoms with Crippen molar-refractivity contribution in [2.75, 3.05) is 0 Å². The van der Waals surface area contributed by atoms with Gasteiger partial charge in [-0.1, -0.05) is 18.6 Å². The van der Waals surface area contributed by atoms with Crippen LogP contribution >= 0.6 is 0 Å². The fourth-order valence-electron chi connectivity index (χ4n) is 3.86. The van der Waals surface area contributed by atoms with Crippen LogP contribution in [0.25, 0.3) is 0 Å². The van der Waals surface area contributed by atoms with E-state index in [1.165, 1.54) is 31.2 Å². The molecule has 2 bridgehead atoms. The summed E-state index contributed by atoms with van der Waals surface area (Å²) in [6.07, 6.45) is 5.71. The highest BCUT2D eigenvalue weighted by Crippen LogP contribution is 2.53. The van der Waals surface area contributed by atoms with Gasteiger partial charge >= 0.3 is 0 Å². The topological polar surface area (TPSA) is 20.2 Å². The fraction of sp³-hybridized carbons (Fsp3) is 0.600. The summed E-state index contributed by atoms with van der Waals surface area (Å²) in [6.45, 7) is 4.03. The Balaban J connectivity index is 1.95. The van der Waals surface area contributed by atoms with Gasteiger partial charge in [0.1, 0.15) is 5.75 Å². The summed E-state index contributed by atoms with van der Waals surface area (Å²) in [5.41, 5.74) is 3.55. The molecule has 0 aromatic heterocycles. The Bertz CT molecular complexity index is 398. The normalized spacial score (nSPS) is 32.2. The standard InChI is InChI=1S/C15H20O/c1-9-5-13(6-10(2)15(9)16)14-8-11-3-4-12(14)7-11/h5-6,11-12,14,16H,3-4,7-8H2,1-2H3/t11-,12-,14-/m0/s1. The van der Waals surface area contributed by atoms with Crippen molar-refractivity contribution in [2.24, 2.45) is 11.8 Å². The molecule has 0 unspecified atom stereocenters.